The zero-order valence-electron chi connectivity index (χ0n) is 9.97. The smallest absolute Gasteiger partial charge is 0.224 e. The molecule has 0 saturated heterocycles. The van der Waals surface area contributed by atoms with Crippen molar-refractivity contribution in [2.75, 3.05) is 0 Å². The minimum Gasteiger partial charge on any atom is -0.328 e. The molecule has 18 heavy (non-hydrogen) atoms. The second kappa shape index (κ2) is 4.42. The van der Waals surface area contributed by atoms with E-state index >= 15 is 0 Å². The van der Waals surface area contributed by atoms with Gasteiger partial charge in [-0.1, -0.05) is 29.8 Å². The highest BCUT2D eigenvalue weighted by Crippen LogP contribution is 2.16. The molecule has 0 radical (unpaired) electrons. The van der Waals surface area contributed by atoms with Gasteiger partial charge < -0.3 is 4.57 Å². The van der Waals surface area contributed by atoms with E-state index in [1.165, 1.54) is 11.1 Å². The van der Waals surface area contributed by atoms with Crippen molar-refractivity contribution in [2.45, 2.75) is 13.5 Å². The van der Waals surface area contributed by atoms with Crippen LogP contribution in [0.5, 0.6) is 0 Å². The average Bonchev–Trinajstić information content (AvgIpc) is 2.72. The molecule has 4 heteroatoms. The van der Waals surface area contributed by atoms with Gasteiger partial charge in [-0.15, -0.1) is 0 Å². The summed E-state index contributed by atoms with van der Waals surface area (Å²) in [6.07, 6.45) is 3.76. The van der Waals surface area contributed by atoms with Crippen molar-refractivity contribution >= 4 is 22.6 Å². The predicted octanol–water partition coefficient (Wildman–Crippen LogP) is 3.44. The summed E-state index contributed by atoms with van der Waals surface area (Å²) >= 11 is 5.84. The molecule has 0 aliphatic rings. The summed E-state index contributed by atoms with van der Waals surface area (Å²) in [5.74, 6) is 0. The first kappa shape index (κ1) is 11.2. The Morgan fingerprint density at radius 1 is 1.28 bits per heavy atom. The van der Waals surface area contributed by atoms with Crippen LogP contribution < -0.4 is 0 Å². The molecule has 2 aromatic heterocycles. The lowest BCUT2D eigenvalue weighted by atomic mass is 10.1. The molecular formula is C14H12ClN3. The molecular weight excluding hydrogens is 246 g/mol. The van der Waals surface area contributed by atoms with Gasteiger partial charge in [0.15, 0.2) is 0 Å². The second-order valence-corrected chi connectivity index (χ2v) is 4.69. The van der Waals surface area contributed by atoms with Crippen LogP contribution in [0.1, 0.15) is 11.1 Å². The Morgan fingerprint density at radius 3 is 3.00 bits per heavy atom. The van der Waals surface area contributed by atoms with Crippen LogP contribution in [0.15, 0.2) is 42.7 Å². The highest BCUT2D eigenvalue weighted by Gasteiger charge is 2.04. The fourth-order valence-corrected chi connectivity index (χ4v) is 2.21. The largest absolute Gasteiger partial charge is 0.328 e. The van der Waals surface area contributed by atoms with Gasteiger partial charge in [0.1, 0.15) is 5.65 Å². The minimum absolute atomic E-state index is 0.284. The molecule has 1 aromatic carbocycles. The van der Waals surface area contributed by atoms with E-state index in [0.29, 0.717) is 0 Å². The lowest BCUT2D eigenvalue weighted by Gasteiger charge is -2.05. The number of aromatic nitrogens is 3. The van der Waals surface area contributed by atoms with Crippen LogP contribution in [0.3, 0.4) is 0 Å². The Kier molecular flexibility index (Phi) is 2.76. The molecule has 3 nitrogen and oxygen atoms in total. The summed E-state index contributed by atoms with van der Waals surface area (Å²) in [7, 11) is 0. The molecule has 2 heterocycles. The van der Waals surface area contributed by atoms with Gasteiger partial charge in [0.25, 0.3) is 0 Å². The lowest BCUT2D eigenvalue weighted by Crippen LogP contribution is -1.99. The number of aryl methyl sites for hydroxylation is 1. The van der Waals surface area contributed by atoms with E-state index in [2.05, 4.69) is 45.7 Å². The maximum Gasteiger partial charge on any atom is 0.224 e. The third-order valence-corrected chi connectivity index (χ3v) is 3.09. The molecule has 0 aliphatic carbocycles. The number of halogens is 1. The predicted molar refractivity (Wildman–Crippen MR) is 72.8 cm³/mol. The third-order valence-electron chi connectivity index (χ3n) is 2.91. The van der Waals surface area contributed by atoms with Gasteiger partial charge in [-0.3, -0.25) is 0 Å². The molecule has 0 bridgehead atoms. The van der Waals surface area contributed by atoms with Crippen LogP contribution in [0.25, 0.3) is 11.0 Å². The zero-order valence-corrected chi connectivity index (χ0v) is 10.7. The third kappa shape index (κ3) is 2.09. The van der Waals surface area contributed by atoms with Crippen molar-refractivity contribution in [2.24, 2.45) is 0 Å². The molecule has 0 N–H and O–H groups in total. The zero-order chi connectivity index (χ0) is 12.5. The highest BCUT2D eigenvalue weighted by molar-refractivity contribution is 6.28. The number of rotatable bonds is 2. The Labute approximate surface area is 110 Å². The van der Waals surface area contributed by atoms with Gasteiger partial charge in [0.05, 0.1) is 0 Å². The van der Waals surface area contributed by atoms with Crippen molar-refractivity contribution < 1.29 is 0 Å². The van der Waals surface area contributed by atoms with E-state index in [1.54, 1.807) is 6.20 Å². The van der Waals surface area contributed by atoms with E-state index < -0.39 is 0 Å². The van der Waals surface area contributed by atoms with Crippen molar-refractivity contribution in [1.29, 1.82) is 0 Å². The normalized spacial score (nSPS) is 11.0. The van der Waals surface area contributed by atoms with Gasteiger partial charge in [0.2, 0.25) is 5.28 Å². The van der Waals surface area contributed by atoms with Crippen LogP contribution in [-0.4, -0.2) is 14.5 Å². The summed E-state index contributed by atoms with van der Waals surface area (Å²) in [5, 5.41) is 1.29. The molecule has 3 rings (SSSR count). The highest BCUT2D eigenvalue weighted by atomic mass is 35.5. The monoisotopic (exact) mass is 257 g/mol. The SMILES string of the molecule is Cc1cccc(Cn2ccc3cnc(Cl)nc32)c1. The van der Waals surface area contributed by atoms with Crippen LogP contribution in [0.2, 0.25) is 5.28 Å². The summed E-state index contributed by atoms with van der Waals surface area (Å²) < 4.78 is 2.08. The first-order valence-corrected chi connectivity index (χ1v) is 6.13. The number of benzene rings is 1. The number of hydrogen-bond donors (Lipinski definition) is 0. The van der Waals surface area contributed by atoms with Gasteiger partial charge in [-0.25, -0.2) is 4.98 Å². The van der Waals surface area contributed by atoms with Crippen LogP contribution in [0, 0.1) is 6.92 Å². The van der Waals surface area contributed by atoms with E-state index in [9.17, 15) is 0 Å². The number of nitrogens with zero attached hydrogens (tertiary/aromatic N) is 3. The number of hydrogen-bond acceptors (Lipinski definition) is 2. The van der Waals surface area contributed by atoms with Crippen LogP contribution in [-0.2, 0) is 6.54 Å². The standard InChI is InChI=1S/C14H12ClN3/c1-10-3-2-4-11(7-10)9-18-6-5-12-8-16-14(15)17-13(12)18/h2-8H,9H2,1H3. The molecule has 0 spiro atoms. The Hall–Kier alpha value is -1.87. The molecule has 3 aromatic rings. The van der Waals surface area contributed by atoms with Gasteiger partial charge >= 0.3 is 0 Å². The summed E-state index contributed by atoms with van der Waals surface area (Å²) in [4.78, 5) is 8.25. The number of fused-ring (bicyclic) bond motifs is 1. The van der Waals surface area contributed by atoms with Crippen LogP contribution >= 0.6 is 11.6 Å². The Balaban J connectivity index is 2.02. The van der Waals surface area contributed by atoms with E-state index in [-0.39, 0.29) is 5.28 Å². The molecule has 0 saturated carbocycles. The fourth-order valence-electron chi connectivity index (χ4n) is 2.08. The summed E-state index contributed by atoms with van der Waals surface area (Å²) in [6.45, 7) is 2.88. The molecule has 0 atom stereocenters. The summed E-state index contributed by atoms with van der Waals surface area (Å²) in [6, 6.07) is 10.5. The quantitative estimate of drug-likeness (QED) is 0.659. The molecule has 90 valence electrons. The Bertz CT molecular complexity index is 703. The first-order chi connectivity index (χ1) is 8.72. The minimum atomic E-state index is 0.284. The van der Waals surface area contributed by atoms with Crippen LogP contribution in [0.4, 0.5) is 0 Å². The average molecular weight is 258 g/mol. The van der Waals surface area contributed by atoms with Gasteiger partial charge in [-0.05, 0) is 30.2 Å². The van der Waals surface area contributed by atoms with E-state index in [4.69, 9.17) is 11.6 Å². The maximum absolute atomic E-state index is 5.84. The van der Waals surface area contributed by atoms with Crippen molar-refractivity contribution in [1.82, 2.24) is 14.5 Å². The molecule has 0 unspecified atom stereocenters. The topological polar surface area (TPSA) is 30.7 Å². The van der Waals surface area contributed by atoms with E-state index in [0.717, 1.165) is 17.6 Å². The van der Waals surface area contributed by atoms with E-state index in [1.807, 2.05) is 12.3 Å². The fraction of sp³-hybridized carbons (Fsp3) is 0.143. The van der Waals surface area contributed by atoms with Crippen molar-refractivity contribution in [3.63, 3.8) is 0 Å². The molecule has 0 amide bonds. The maximum atomic E-state index is 5.84. The second-order valence-electron chi connectivity index (χ2n) is 4.35. The molecule has 0 fully saturated rings. The Morgan fingerprint density at radius 2 is 2.17 bits per heavy atom. The van der Waals surface area contributed by atoms with Crippen molar-refractivity contribution in [3.05, 3.63) is 59.1 Å². The van der Waals surface area contributed by atoms with Gasteiger partial charge in [-0.2, -0.15) is 4.98 Å². The van der Waals surface area contributed by atoms with Gasteiger partial charge in [0, 0.05) is 24.3 Å². The summed E-state index contributed by atoms with van der Waals surface area (Å²) in [5.41, 5.74) is 3.38. The molecule has 0 aliphatic heterocycles. The lowest BCUT2D eigenvalue weighted by molar-refractivity contribution is 0.822. The van der Waals surface area contributed by atoms with Crippen molar-refractivity contribution in [3.8, 4) is 0 Å². The first-order valence-electron chi connectivity index (χ1n) is 5.75.